The first-order valence-electron chi connectivity index (χ1n) is 5.09. The van der Waals surface area contributed by atoms with Crippen LogP contribution in [0, 0.1) is 0 Å². The molecule has 1 N–H and O–H groups in total. The number of nitrogens with one attached hydrogen (secondary N) is 1. The molecule has 5 nitrogen and oxygen atoms in total. The summed E-state index contributed by atoms with van der Waals surface area (Å²) in [5.74, 6) is 0.324. The Labute approximate surface area is 98.4 Å². The lowest BCUT2D eigenvalue weighted by Gasteiger charge is -2.07. The molecule has 0 fully saturated rings. The molecule has 2 aromatic heterocycles. The van der Waals surface area contributed by atoms with Crippen LogP contribution < -0.4 is 10.1 Å². The lowest BCUT2D eigenvalue weighted by atomic mass is 10.2. The number of rotatable bonds is 4. The second-order valence-corrected chi connectivity index (χ2v) is 3.37. The number of carbonyl (C=O) groups is 1. The Hall–Kier alpha value is -2.30. The SMILES string of the molecule is COc1ncccc1CNC(=O)c1ccoc1. The summed E-state index contributed by atoms with van der Waals surface area (Å²) >= 11 is 0. The standard InChI is InChI=1S/C12H12N2O3/c1-16-12-9(3-2-5-13-12)7-14-11(15)10-4-6-17-8-10/h2-6,8H,7H2,1H3,(H,14,15). The van der Waals surface area contributed by atoms with E-state index in [2.05, 4.69) is 10.3 Å². The van der Waals surface area contributed by atoms with Gasteiger partial charge in [-0.2, -0.15) is 0 Å². The van der Waals surface area contributed by atoms with Crippen molar-refractivity contribution in [3.05, 3.63) is 48.0 Å². The number of hydrogen-bond acceptors (Lipinski definition) is 4. The molecule has 2 heterocycles. The van der Waals surface area contributed by atoms with Crippen LogP contribution in [-0.2, 0) is 6.54 Å². The van der Waals surface area contributed by atoms with Gasteiger partial charge in [-0.15, -0.1) is 0 Å². The number of ether oxygens (including phenoxy) is 1. The average Bonchev–Trinajstić information content (AvgIpc) is 2.90. The van der Waals surface area contributed by atoms with Gasteiger partial charge < -0.3 is 14.5 Å². The largest absolute Gasteiger partial charge is 0.481 e. The molecular weight excluding hydrogens is 220 g/mol. The van der Waals surface area contributed by atoms with Gasteiger partial charge in [-0.25, -0.2) is 4.98 Å². The third-order valence-electron chi connectivity index (χ3n) is 2.27. The topological polar surface area (TPSA) is 64.4 Å². The summed E-state index contributed by atoms with van der Waals surface area (Å²) in [7, 11) is 1.55. The lowest BCUT2D eigenvalue weighted by Crippen LogP contribution is -2.22. The van der Waals surface area contributed by atoms with E-state index in [0.717, 1.165) is 5.56 Å². The number of aromatic nitrogens is 1. The van der Waals surface area contributed by atoms with Crippen molar-refractivity contribution in [1.82, 2.24) is 10.3 Å². The summed E-state index contributed by atoms with van der Waals surface area (Å²) in [4.78, 5) is 15.7. The van der Waals surface area contributed by atoms with Gasteiger partial charge in [0.1, 0.15) is 6.26 Å². The fourth-order valence-electron chi connectivity index (χ4n) is 1.41. The molecule has 0 atom stereocenters. The van der Waals surface area contributed by atoms with Crippen molar-refractivity contribution in [2.24, 2.45) is 0 Å². The van der Waals surface area contributed by atoms with E-state index in [-0.39, 0.29) is 5.91 Å². The molecule has 0 saturated heterocycles. The van der Waals surface area contributed by atoms with Crippen LogP contribution in [0.1, 0.15) is 15.9 Å². The molecule has 2 aromatic rings. The van der Waals surface area contributed by atoms with Crippen molar-refractivity contribution in [3.8, 4) is 5.88 Å². The number of furan rings is 1. The van der Waals surface area contributed by atoms with Crippen molar-refractivity contribution in [3.63, 3.8) is 0 Å². The lowest BCUT2D eigenvalue weighted by molar-refractivity contribution is 0.0950. The summed E-state index contributed by atoms with van der Waals surface area (Å²) in [5, 5.41) is 2.76. The monoisotopic (exact) mass is 232 g/mol. The van der Waals surface area contributed by atoms with Gasteiger partial charge in [0.15, 0.2) is 0 Å². The Bertz CT molecular complexity index is 494. The maximum Gasteiger partial charge on any atom is 0.254 e. The van der Waals surface area contributed by atoms with Crippen molar-refractivity contribution >= 4 is 5.91 Å². The average molecular weight is 232 g/mol. The van der Waals surface area contributed by atoms with Gasteiger partial charge >= 0.3 is 0 Å². The first kappa shape index (κ1) is 11.2. The van der Waals surface area contributed by atoms with Crippen LogP contribution in [-0.4, -0.2) is 18.0 Å². The number of nitrogens with zero attached hydrogens (tertiary/aromatic N) is 1. The molecule has 0 spiro atoms. The van der Waals surface area contributed by atoms with Gasteiger partial charge in [-0.05, 0) is 12.1 Å². The molecule has 0 radical (unpaired) electrons. The molecule has 0 aliphatic heterocycles. The molecule has 88 valence electrons. The van der Waals surface area contributed by atoms with E-state index in [9.17, 15) is 4.79 Å². The van der Waals surface area contributed by atoms with E-state index in [1.165, 1.54) is 12.5 Å². The van der Waals surface area contributed by atoms with Crippen LogP contribution in [0.5, 0.6) is 5.88 Å². The van der Waals surface area contributed by atoms with Crippen LogP contribution in [0.25, 0.3) is 0 Å². The number of methoxy groups -OCH3 is 1. The summed E-state index contributed by atoms with van der Waals surface area (Å²) in [6.07, 6.45) is 4.50. The van der Waals surface area contributed by atoms with Crippen LogP contribution in [0.15, 0.2) is 41.3 Å². The summed E-state index contributed by atoms with van der Waals surface area (Å²) < 4.78 is 9.92. The Balaban J connectivity index is 2.00. The zero-order chi connectivity index (χ0) is 12.1. The maximum absolute atomic E-state index is 11.6. The van der Waals surface area contributed by atoms with Crippen LogP contribution in [0.4, 0.5) is 0 Å². The molecular formula is C12H12N2O3. The minimum atomic E-state index is -0.190. The molecule has 1 amide bonds. The van der Waals surface area contributed by atoms with Gasteiger partial charge in [-0.3, -0.25) is 4.79 Å². The van der Waals surface area contributed by atoms with Gasteiger partial charge in [-0.1, -0.05) is 6.07 Å². The van der Waals surface area contributed by atoms with Crippen molar-refractivity contribution < 1.29 is 13.9 Å². The highest BCUT2D eigenvalue weighted by Crippen LogP contribution is 2.13. The van der Waals surface area contributed by atoms with Crippen molar-refractivity contribution in [1.29, 1.82) is 0 Å². The third-order valence-corrected chi connectivity index (χ3v) is 2.27. The number of pyridine rings is 1. The zero-order valence-electron chi connectivity index (χ0n) is 9.34. The van der Waals surface area contributed by atoms with E-state index < -0.39 is 0 Å². The van der Waals surface area contributed by atoms with Crippen LogP contribution in [0.3, 0.4) is 0 Å². The first-order valence-corrected chi connectivity index (χ1v) is 5.09. The van der Waals surface area contributed by atoms with E-state index in [1.54, 1.807) is 25.4 Å². The van der Waals surface area contributed by atoms with Crippen LogP contribution in [0.2, 0.25) is 0 Å². The molecule has 0 bridgehead atoms. The van der Waals surface area contributed by atoms with Gasteiger partial charge in [0.25, 0.3) is 5.91 Å². The summed E-state index contributed by atoms with van der Waals surface area (Å²) in [6.45, 7) is 0.362. The highest BCUT2D eigenvalue weighted by Gasteiger charge is 2.08. The normalized spacial score (nSPS) is 9.94. The first-order chi connectivity index (χ1) is 8.31. The fraction of sp³-hybridized carbons (Fsp3) is 0.167. The predicted molar refractivity (Wildman–Crippen MR) is 60.7 cm³/mol. The fourth-order valence-corrected chi connectivity index (χ4v) is 1.41. The highest BCUT2D eigenvalue weighted by atomic mass is 16.5. The molecule has 0 aliphatic rings. The molecule has 2 rings (SSSR count). The number of hydrogen-bond donors (Lipinski definition) is 1. The molecule has 5 heteroatoms. The zero-order valence-corrected chi connectivity index (χ0v) is 9.34. The van der Waals surface area contributed by atoms with Crippen molar-refractivity contribution in [2.45, 2.75) is 6.54 Å². The Kier molecular flexibility index (Phi) is 3.40. The van der Waals surface area contributed by atoms with Gasteiger partial charge in [0.2, 0.25) is 5.88 Å². The molecule has 0 aliphatic carbocycles. The van der Waals surface area contributed by atoms with Crippen molar-refractivity contribution in [2.75, 3.05) is 7.11 Å². The summed E-state index contributed by atoms with van der Waals surface area (Å²) in [5.41, 5.74) is 1.32. The third kappa shape index (κ3) is 2.63. The van der Waals surface area contributed by atoms with Gasteiger partial charge in [0.05, 0.1) is 18.9 Å². The Morgan fingerprint density at radius 2 is 2.41 bits per heavy atom. The predicted octanol–water partition coefficient (Wildman–Crippen LogP) is 1.61. The second-order valence-electron chi connectivity index (χ2n) is 3.37. The van der Waals surface area contributed by atoms with E-state index >= 15 is 0 Å². The van der Waals surface area contributed by atoms with E-state index in [1.807, 2.05) is 6.07 Å². The molecule has 0 saturated carbocycles. The van der Waals surface area contributed by atoms with E-state index in [4.69, 9.17) is 9.15 Å². The smallest absolute Gasteiger partial charge is 0.254 e. The minimum absolute atomic E-state index is 0.190. The Morgan fingerprint density at radius 3 is 3.12 bits per heavy atom. The Morgan fingerprint density at radius 1 is 1.53 bits per heavy atom. The van der Waals surface area contributed by atoms with E-state index in [0.29, 0.717) is 18.0 Å². The number of carbonyl (C=O) groups excluding carboxylic acids is 1. The minimum Gasteiger partial charge on any atom is -0.481 e. The van der Waals surface area contributed by atoms with Crippen LogP contribution >= 0.6 is 0 Å². The summed E-state index contributed by atoms with van der Waals surface area (Å²) in [6, 6.07) is 5.25. The molecule has 17 heavy (non-hydrogen) atoms. The molecule has 0 unspecified atom stereocenters. The quantitative estimate of drug-likeness (QED) is 0.869. The maximum atomic E-state index is 11.6. The molecule has 0 aromatic carbocycles. The number of amides is 1. The van der Waals surface area contributed by atoms with Gasteiger partial charge in [0, 0.05) is 18.3 Å². The highest BCUT2D eigenvalue weighted by molar-refractivity contribution is 5.93. The second kappa shape index (κ2) is 5.16.